The summed E-state index contributed by atoms with van der Waals surface area (Å²) in [5, 5.41) is 11.1. The van der Waals surface area contributed by atoms with Crippen molar-refractivity contribution in [3.63, 3.8) is 0 Å². The molecule has 212 valence electrons. The van der Waals surface area contributed by atoms with E-state index in [1.165, 1.54) is 109 Å². The second kappa shape index (κ2) is 19.5. The Kier molecular flexibility index (Phi) is 15.5. The summed E-state index contributed by atoms with van der Waals surface area (Å²) in [5.41, 5.74) is 3.70. The molecule has 0 heterocycles. The highest BCUT2D eigenvalue weighted by molar-refractivity contribution is 6.28. The van der Waals surface area contributed by atoms with E-state index in [0.29, 0.717) is 5.75 Å². The molecule has 0 aromatic heterocycles. The van der Waals surface area contributed by atoms with Crippen LogP contribution >= 0.6 is 0 Å². The summed E-state index contributed by atoms with van der Waals surface area (Å²) in [6.45, 7) is 2.29. The first kappa shape index (κ1) is 31.0. The Morgan fingerprint density at radius 3 is 1.33 bits per heavy atom. The number of unbranched alkanes of at least 4 members (excludes halogenated alkanes) is 15. The summed E-state index contributed by atoms with van der Waals surface area (Å²) < 4.78 is 6.34. The fourth-order valence-corrected chi connectivity index (χ4v) is 6.49. The second-order valence-electron chi connectivity index (χ2n) is 11.1. The Hall–Kier alpha value is -2.52. The van der Waals surface area contributed by atoms with Crippen molar-refractivity contribution >= 4 is 9.76 Å². The highest BCUT2D eigenvalue weighted by atomic mass is 28.2. The van der Waals surface area contributed by atoms with Gasteiger partial charge in [0.25, 0.3) is 0 Å². The Balaban J connectivity index is 1.29. The quantitative estimate of drug-likeness (QED) is 0.107. The molecule has 0 bridgehead atoms. The van der Waals surface area contributed by atoms with Gasteiger partial charge in [0.1, 0.15) is 11.5 Å². The summed E-state index contributed by atoms with van der Waals surface area (Å²) in [4.78, 5) is 0. The topological polar surface area (TPSA) is 29.5 Å². The molecule has 0 atom stereocenters. The first-order valence-electron chi connectivity index (χ1n) is 15.9. The molecule has 0 radical (unpaired) electrons. The molecule has 3 heteroatoms. The molecule has 0 aliphatic carbocycles. The molecule has 0 saturated heterocycles. The zero-order valence-corrected chi connectivity index (χ0v) is 25.9. The number of hydrogen-bond acceptors (Lipinski definition) is 2. The molecular formula is C36H52O2Si. The van der Waals surface area contributed by atoms with Gasteiger partial charge in [0.2, 0.25) is 9.76 Å². The summed E-state index contributed by atoms with van der Waals surface area (Å²) in [6.07, 6.45) is 22.5. The molecule has 3 aromatic rings. The maximum absolute atomic E-state index is 11.1. The van der Waals surface area contributed by atoms with Crippen LogP contribution in [0.5, 0.6) is 11.5 Å². The first-order valence-corrected chi connectivity index (χ1v) is 17.5. The summed E-state index contributed by atoms with van der Waals surface area (Å²) in [6, 6.07) is 25.5. The van der Waals surface area contributed by atoms with Gasteiger partial charge in [-0.3, -0.25) is 0 Å². The van der Waals surface area contributed by atoms with Gasteiger partial charge in [0.15, 0.2) is 0 Å². The third kappa shape index (κ3) is 12.0. The van der Waals surface area contributed by atoms with Crippen molar-refractivity contribution in [2.75, 3.05) is 0 Å². The van der Waals surface area contributed by atoms with E-state index in [4.69, 9.17) is 4.43 Å². The van der Waals surface area contributed by atoms with Crippen LogP contribution in [0.1, 0.15) is 110 Å². The minimum atomic E-state index is -0.637. The lowest BCUT2D eigenvalue weighted by Crippen LogP contribution is -2.02. The second-order valence-corrected chi connectivity index (χ2v) is 12.5. The molecule has 1 N–H and O–H groups in total. The first-order chi connectivity index (χ1) is 19.3. The fraction of sp³-hybridized carbons (Fsp3) is 0.500. The van der Waals surface area contributed by atoms with Crippen LogP contribution in [0.2, 0.25) is 6.04 Å². The normalized spacial score (nSPS) is 11.4. The predicted molar refractivity (Wildman–Crippen MR) is 173 cm³/mol. The molecule has 0 fully saturated rings. The molecule has 0 spiro atoms. The minimum absolute atomic E-state index is 0.319. The summed E-state index contributed by atoms with van der Waals surface area (Å²) in [5.74, 6) is 1.20. The standard InChI is InChI=1S/C36H52O2Si/c1-2-3-4-5-6-7-8-9-10-11-12-13-14-15-16-23-28-39-38-33-29-34(31-24-19-17-20-25-31)36(37)35(30-33)32-26-21-18-22-27-32/h17-22,24-27,29-30,37H,2-16,23,28,39H2,1H3. The Bertz CT molecular complexity index is 958. The van der Waals surface area contributed by atoms with Gasteiger partial charge < -0.3 is 9.53 Å². The van der Waals surface area contributed by atoms with Gasteiger partial charge in [0.05, 0.1) is 0 Å². The maximum atomic E-state index is 11.1. The van der Waals surface area contributed by atoms with Gasteiger partial charge in [-0.25, -0.2) is 0 Å². The monoisotopic (exact) mass is 544 g/mol. The van der Waals surface area contributed by atoms with E-state index in [9.17, 15) is 5.11 Å². The molecular weight excluding hydrogens is 492 g/mol. The molecule has 0 aliphatic heterocycles. The molecule has 2 nitrogen and oxygen atoms in total. The van der Waals surface area contributed by atoms with Crippen molar-refractivity contribution in [1.29, 1.82) is 0 Å². The third-order valence-electron chi connectivity index (χ3n) is 7.77. The van der Waals surface area contributed by atoms with E-state index in [1.807, 2.05) is 72.8 Å². The highest BCUT2D eigenvalue weighted by Gasteiger charge is 2.14. The lowest BCUT2D eigenvalue weighted by Gasteiger charge is -2.15. The van der Waals surface area contributed by atoms with Crippen molar-refractivity contribution in [2.24, 2.45) is 0 Å². The van der Waals surface area contributed by atoms with Crippen molar-refractivity contribution in [1.82, 2.24) is 0 Å². The summed E-state index contributed by atoms with van der Waals surface area (Å²) in [7, 11) is -0.637. The van der Waals surface area contributed by atoms with Gasteiger partial charge in [-0.05, 0) is 29.3 Å². The van der Waals surface area contributed by atoms with E-state index in [2.05, 4.69) is 6.92 Å². The average Bonchev–Trinajstić information content (AvgIpc) is 2.98. The Morgan fingerprint density at radius 2 is 0.923 bits per heavy atom. The molecule has 0 unspecified atom stereocenters. The van der Waals surface area contributed by atoms with Crippen LogP contribution in [-0.4, -0.2) is 14.9 Å². The smallest absolute Gasteiger partial charge is 0.219 e. The maximum Gasteiger partial charge on any atom is 0.219 e. The number of aromatic hydroxyl groups is 1. The molecule has 0 aliphatic rings. The number of benzene rings is 3. The zero-order valence-electron chi connectivity index (χ0n) is 24.5. The number of rotatable bonds is 21. The fourth-order valence-electron chi connectivity index (χ4n) is 5.38. The van der Waals surface area contributed by atoms with Crippen LogP contribution in [0.4, 0.5) is 0 Å². The van der Waals surface area contributed by atoms with E-state index in [1.54, 1.807) is 0 Å². The van der Waals surface area contributed by atoms with Gasteiger partial charge in [-0.15, -0.1) is 0 Å². The zero-order chi connectivity index (χ0) is 27.4. The van der Waals surface area contributed by atoms with Crippen LogP contribution < -0.4 is 4.43 Å². The number of phenolic OH excluding ortho intramolecular Hbond substituents is 1. The van der Waals surface area contributed by atoms with E-state index < -0.39 is 9.76 Å². The summed E-state index contributed by atoms with van der Waals surface area (Å²) >= 11 is 0. The minimum Gasteiger partial charge on any atom is -0.549 e. The Morgan fingerprint density at radius 1 is 0.538 bits per heavy atom. The lowest BCUT2D eigenvalue weighted by atomic mass is 9.97. The molecule has 3 rings (SSSR count). The van der Waals surface area contributed by atoms with Crippen molar-refractivity contribution < 1.29 is 9.53 Å². The van der Waals surface area contributed by atoms with Gasteiger partial charge >= 0.3 is 0 Å². The number of hydrogen-bond donors (Lipinski definition) is 1. The third-order valence-corrected chi connectivity index (χ3v) is 9.10. The van der Waals surface area contributed by atoms with Crippen molar-refractivity contribution in [2.45, 2.75) is 116 Å². The predicted octanol–water partition coefficient (Wildman–Crippen LogP) is 10.9. The van der Waals surface area contributed by atoms with E-state index >= 15 is 0 Å². The average molecular weight is 545 g/mol. The van der Waals surface area contributed by atoms with Crippen LogP contribution in [0.25, 0.3) is 22.3 Å². The van der Waals surface area contributed by atoms with Crippen molar-refractivity contribution in [3.8, 4) is 33.8 Å². The SMILES string of the molecule is CCCCCCCCCCCCCCCCCC[SiH2]Oc1cc(-c2ccccc2)c(O)c(-c2ccccc2)c1. The molecule has 0 saturated carbocycles. The van der Waals surface area contributed by atoms with Crippen molar-refractivity contribution in [3.05, 3.63) is 72.8 Å². The van der Waals surface area contributed by atoms with Crippen LogP contribution in [-0.2, 0) is 0 Å². The van der Waals surface area contributed by atoms with E-state index in [0.717, 1.165) is 28.0 Å². The van der Waals surface area contributed by atoms with Crippen LogP contribution in [0.15, 0.2) is 72.8 Å². The van der Waals surface area contributed by atoms with Crippen LogP contribution in [0.3, 0.4) is 0 Å². The van der Waals surface area contributed by atoms with Crippen LogP contribution in [0, 0.1) is 0 Å². The highest BCUT2D eigenvalue weighted by Crippen LogP contribution is 2.41. The van der Waals surface area contributed by atoms with Gasteiger partial charge in [0, 0.05) is 11.1 Å². The van der Waals surface area contributed by atoms with Gasteiger partial charge in [-0.2, -0.15) is 0 Å². The molecule has 0 amide bonds. The molecule has 39 heavy (non-hydrogen) atoms. The largest absolute Gasteiger partial charge is 0.549 e. The van der Waals surface area contributed by atoms with E-state index in [-0.39, 0.29) is 0 Å². The number of phenols is 1. The lowest BCUT2D eigenvalue weighted by molar-refractivity contribution is 0.478. The molecule has 3 aromatic carbocycles. The van der Waals surface area contributed by atoms with Gasteiger partial charge in [-0.1, -0.05) is 170 Å². The Labute approximate surface area is 241 Å².